The van der Waals surface area contributed by atoms with Gasteiger partial charge < -0.3 is 10.1 Å². The largest absolute Gasteiger partial charge is 0.493 e. The Morgan fingerprint density at radius 1 is 1.00 bits per heavy atom. The van der Waals surface area contributed by atoms with E-state index in [0.29, 0.717) is 6.61 Å². The van der Waals surface area contributed by atoms with Gasteiger partial charge in [-0.3, -0.25) is 4.79 Å². The van der Waals surface area contributed by atoms with E-state index in [9.17, 15) is 4.79 Å². The van der Waals surface area contributed by atoms with Crippen LogP contribution < -0.4 is 10.1 Å². The molecule has 0 atom stereocenters. The van der Waals surface area contributed by atoms with E-state index < -0.39 is 0 Å². The van der Waals surface area contributed by atoms with Crippen LogP contribution in [0, 0.1) is 5.92 Å². The summed E-state index contributed by atoms with van der Waals surface area (Å²) in [6.07, 6.45) is 6.49. The number of nitrogens with one attached hydrogen (secondary N) is 1. The van der Waals surface area contributed by atoms with E-state index in [1.807, 2.05) is 42.5 Å². The molecule has 1 amide bonds. The predicted octanol–water partition coefficient (Wildman–Crippen LogP) is 4.83. The van der Waals surface area contributed by atoms with Crippen LogP contribution in [0.4, 0.5) is 5.69 Å². The second-order valence-corrected chi connectivity index (χ2v) is 6.44. The van der Waals surface area contributed by atoms with Crippen molar-refractivity contribution in [1.29, 1.82) is 0 Å². The molecule has 0 bridgehead atoms. The van der Waals surface area contributed by atoms with Gasteiger partial charge in [-0.25, -0.2) is 0 Å². The molecule has 0 spiro atoms. The molecule has 1 saturated carbocycles. The first kappa shape index (κ1) is 16.6. The fraction of sp³-hybridized carbons (Fsp3) is 0.381. The number of amides is 1. The van der Waals surface area contributed by atoms with Crippen molar-refractivity contribution in [3.8, 4) is 5.75 Å². The molecule has 1 fully saturated rings. The summed E-state index contributed by atoms with van der Waals surface area (Å²) in [5.41, 5.74) is 2.09. The van der Waals surface area contributed by atoms with Crippen molar-refractivity contribution in [2.75, 3.05) is 11.9 Å². The molecule has 0 radical (unpaired) electrons. The van der Waals surface area contributed by atoms with Crippen LogP contribution in [0.3, 0.4) is 0 Å². The SMILES string of the molecule is O=C(Nc1cccc(OCCc2ccccc2)c1)C1CCCCC1. The van der Waals surface area contributed by atoms with Crippen molar-refractivity contribution in [3.63, 3.8) is 0 Å². The van der Waals surface area contributed by atoms with E-state index in [0.717, 1.165) is 30.7 Å². The van der Waals surface area contributed by atoms with Crippen molar-refractivity contribution >= 4 is 11.6 Å². The van der Waals surface area contributed by atoms with Gasteiger partial charge in [-0.05, 0) is 30.5 Å². The van der Waals surface area contributed by atoms with Crippen molar-refractivity contribution in [2.45, 2.75) is 38.5 Å². The van der Waals surface area contributed by atoms with Crippen LogP contribution in [0.1, 0.15) is 37.7 Å². The number of hydrogen-bond acceptors (Lipinski definition) is 2. The molecule has 0 aliphatic heterocycles. The molecule has 3 heteroatoms. The summed E-state index contributed by atoms with van der Waals surface area (Å²) in [5, 5.41) is 3.04. The first-order chi connectivity index (χ1) is 11.8. The molecular weight excluding hydrogens is 298 g/mol. The molecular formula is C21H25NO2. The fourth-order valence-electron chi connectivity index (χ4n) is 3.20. The van der Waals surface area contributed by atoms with Crippen molar-refractivity contribution in [3.05, 3.63) is 60.2 Å². The van der Waals surface area contributed by atoms with Gasteiger partial charge in [0, 0.05) is 24.1 Å². The number of ether oxygens (including phenoxy) is 1. The summed E-state index contributed by atoms with van der Waals surface area (Å²) in [7, 11) is 0. The highest BCUT2D eigenvalue weighted by Crippen LogP contribution is 2.25. The highest BCUT2D eigenvalue weighted by atomic mass is 16.5. The standard InChI is InChI=1S/C21H25NO2/c23-21(18-10-5-2-6-11-18)22-19-12-7-13-20(16-19)24-15-14-17-8-3-1-4-9-17/h1,3-4,7-9,12-13,16,18H,2,5-6,10-11,14-15H2,(H,22,23). The maximum Gasteiger partial charge on any atom is 0.227 e. The average molecular weight is 323 g/mol. The molecule has 126 valence electrons. The second kappa shape index (κ2) is 8.53. The van der Waals surface area contributed by atoms with Crippen LogP contribution in [0.2, 0.25) is 0 Å². The maximum atomic E-state index is 12.3. The van der Waals surface area contributed by atoms with Crippen molar-refractivity contribution in [2.24, 2.45) is 5.92 Å². The molecule has 1 N–H and O–H groups in total. The van der Waals surface area contributed by atoms with Gasteiger partial charge in [0.25, 0.3) is 0 Å². The fourth-order valence-corrected chi connectivity index (χ4v) is 3.20. The molecule has 2 aromatic carbocycles. The minimum absolute atomic E-state index is 0.149. The third kappa shape index (κ3) is 4.85. The topological polar surface area (TPSA) is 38.3 Å². The third-order valence-corrected chi connectivity index (χ3v) is 4.58. The van der Waals surface area contributed by atoms with Gasteiger partial charge in [0.1, 0.15) is 5.75 Å². The zero-order valence-electron chi connectivity index (χ0n) is 14.0. The quantitative estimate of drug-likeness (QED) is 0.827. The summed E-state index contributed by atoms with van der Waals surface area (Å²) in [5.74, 6) is 1.12. The molecule has 24 heavy (non-hydrogen) atoms. The van der Waals surface area contributed by atoms with Crippen LogP contribution in [0.25, 0.3) is 0 Å². The van der Waals surface area contributed by atoms with Crippen LogP contribution in [0.5, 0.6) is 5.75 Å². The summed E-state index contributed by atoms with van der Waals surface area (Å²) >= 11 is 0. The molecule has 1 aliphatic carbocycles. The van der Waals surface area contributed by atoms with Crippen LogP contribution >= 0.6 is 0 Å². The molecule has 0 aromatic heterocycles. The minimum Gasteiger partial charge on any atom is -0.493 e. The van der Waals surface area contributed by atoms with Gasteiger partial charge in [-0.1, -0.05) is 55.7 Å². The lowest BCUT2D eigenvalue weighted by atomic mass is 9.88. The van der Waals surface area contributed by atoms with E-state index in [1.54, 1.807) is 0 Å². The smallest absolute Gasteiger partial charge is 0.227 e. The molecule has 0 unspecified atom stereocenters. The molecule has 0 heterocycles. The average Bonchev–Trinajstić information content (AvgIpc) is 2.64. The Kier molecular flexibility index (Phi) is 5.89. The zero-order chi connectivity index (χ0) is 16.6. The molecule has 3 nitrogen and oxygen atoms in total. The summed E-state index contributed by atoms with van der Waals surface area (Å²) in [4.78, 5) is 12.3. The van der Waals surface area contributed by atoms with E-state index in [4.69, 9.17) is 4.74 Å². The van der Waals surface area contributed by atoms with Gasteiger partial charge in [0.2, 0.25) is 5.91 Å². The lowest BCUT2D eigenvalue weighted by Crippen LogP contribution is -2.24. The van der Waals surface area contributed by atoms with E-state index >= 15 is 0 Å². The summed E-state index contributed by atoms with van der Waals surface area (Å²) in [6.45, 7) is 0.629. The Morgan fingerprint density at radius 3 is 2.58 bits per heavy atom. The highest BCUT2D eigenvalue weighted by molar-refractivity contribution is 5.92. The second-order valence-electron chi connectivity index (χ2n) is 6.44. The number of rotatable bonds is 6. The predicted molar refractivity (Wildman–Crippen MR) is 97.3 cm³/mol. The van der Waals surface area contributed by atoms with Crippen LogP contribution in [0.15, 0.2) is 54.6 Å². The van der Waals surface area contributed by atoms with Gasteiger partial charge in [0.15, 0.2) is 0 Å². The van der Waals surface area contributed by atoms with E-state index in [-0.39, 0.29) is 11.8 Å². The molecule has 1 aliphatic rings. The molecule has 0 saturated heterocycles. The Balaban J connectivity index is 1.51. The Labute approximate surface area is 144 Å². The highest BCUT2D eigenvalue weighted by Gasteiger charge is 2.21. The summed E-state index contributed by atoms with van der Waals surface area (Å²) in [6, 6.07) is 18.0. The maximum absolute atomic E-state index is 12.3. The number of carbonyl (C=O) groups excluding carboxylic acids is 1. The van der Waals surface area contributed by atoms with Gasteiger partial charge in [-0.15, -0.1) is 0 Å². The molecule has 2 aromatic rings. The Morgan fingerprint density at radius 2 is 1.79 bits per heavy atom. The first-order valence-corrected chi connectivity index (χ1v) is 8.89. The first-order valence-electron chi connectivity index (χ1n) is 8.89. The van der Waals surface area contributed by atoms with Crippen molar-refractivity contribution in [1.82, 2.24) is 0 Å². The zero-order valence-corrected chi connectivity index (χ0v) is 14.0. The number of benzene rings is 2. The number of carbonyl (C=O) groups is 1. The van der Waals surface area contributed by atoms with Crippen molar-refractivity contribution < 1.29 is 9.53 Å². The van der Waals surface area contributed by atoms with Crippen LogP contribution in [-0.2, 0) is 11.2 Å². The summed E-state index contributed by atoms with van der Waals surface area (Å²) < 4.78 is 5.83. The van der Waals surface area contributed by atoms with Gasteiger partial charge in [-0.2, -0.15) is 0 Å². The lowest BCUT2D eigenvalue weighted by Gasteiger charge is -2.20. The monoisotopic (exact) mass is 323 g/mol. The Bertz CT molecular complexity index is 648. The third-order valence-electron chi connectivity index (χ3n) is 4.58. The number of hydrogen-bond donors (Lipinski definition) is 1. The molecule has 3 rings (SSSR count). The normalized spacial score (nSPS) is 15.0. The van der Waals surface area contributed by atoms with Gasteiger partial charge >= 0.3 is 0 Å². The number of anilines is 1. The van der Waals surface area contributed by atoms with Crippen LogP contribution in [-0.4, -0.2) is 12.5 Å². The lowest BCUT2D eigenvalue weighted by molar-refractivity contribution is -0.120. The van der Waals surface area contributed by atoms with E-state index in [1.165, 1.54) is 24.8 Å². The Hall–Kier alpha value is -2.29. The van der Waals surface area contributed by atoms with Gasteiger partial charge in [0.05, 0.1) is 6.61 Å². The van der Waals surface area contributed by atoms with E-state index in [2.05, 4.69) is 17.4 Å². The minimum atomic E-state index is 0.149.